The van der Waals surface area contributed by atoms with Crippen LogP contribution in [0.3, 0.4) is 0 Å². The van der Waals surface area contributed by atoms with Gasteiger partial charge in [-0.05, 0) is 17.7 Å². The fourth-order valence-corrected chi connectivity index (χ4v) is 3.89. The van der Waals surface area contributed by atoms with E-state index in [-0.39, 0.29) is 22.9 Å². The Morgan fingerprint density at radius 3 is 2.73 bits per heavy atom. The van der Waals surface area contributed by atoms with Crippen molar-refractivity contribution in [3.63, 3.8) is 0 Å². The quantitative estimate of drug-likeness (QED) is 0.668. The number of ether oxygens (including phenoxy) is 4. The highest BCUT2D eigenvalue weighted by Crippen LogP contribution is 2.48. The molecule has 176 valence electrons. The number of rotatable bonds is 6. The number of fused-ring (bicyclic) bond motifs is 1. The van der Waals surface area contributed by atoms with E-state index in [1.54, 1.807) is 12.1 Å². The first kappa shape index (κ1) is 22.8. The average molecular weight is 465 g/mol. The van der Waals surface area contributed by atoms with Gasteiger partial charge in [0.2, 0.25) is 11.8 Å². The Kier molecular flexibility index (Phi) is 6.35. The van der Waals surface area contributed by atoms with E-state index in [1.807, 2.05) is 11.2 Å². The second kappa shape index (κ2) is 9.21. The Balaban J connectivity index is 1.64. The normalized spacial score (nSPS) is 18.9. The molecule has 1 aromatic carbocycles. The minimum Gasteiger partial charge on any atom is -0.493 e. The lowest BCUT2D eigenvalue weighted by Gasteiger charge is -2.27. The third kappa shape index (κ3) is 4.55. The minimum atomic E-state index is -4.73. The van der Waals surface area contributed by atoms with Gasteiger partial charge in [0.25, 0.3) is 0 Å². The first-order valence-corrected chi connectivity index (χ1v) is 10.2. The standard InChI is InChI=1S/C21H22F3N5O4/c1-30-15-10-12(2-3-14(15)32-9-6-29-4-7-31-8-5-29)16-13(11-25)19(26)33-20-17(16)18(27-28-20)21(22,23)24/h2-3,10,16H,4-9,26H2,1H3,(H,27,28)/t16-/m1/s1. The second-order valence-electron chi connectivity index (χ2n) is 7.45. The largest absolute Gasteiger partial charge is 0.493 e. The van der Waals surface area contributed by atoms with Gasteiger partial charge in [-0.1, -0.05) is 6.07 Å². The second-order valence-corrected chi connectivity index (χ2v) is 7.45. The summed E-state index contributed by atoms with van der Waals surface area (Å²) in [6, 6.07) is 6.57. The molecule has 2 aliphatic rings. The number of H-pyrrole nitrogens is 1. The molecule has 12 heteroatoms. The van der Waals surface area contributed by atoms with E-state index in [9.17, 15) is 18.4 Å². The number of allylic oxidation sites excluding steroid dienone is 1. The SMILES string of the molecule is COc1cc([C@@H]2C(C#N)=C(N)Oc3n[nH]c(C(F)(F)F)c32)ccc1OCCN1CCOCC1. The lowest BCUT2D eigenvalue weighted by atomic mass is 9.83. The average Bonchev–Trinajstić information content (AvgIpc) is 3.23. The molecule has 3 N–H and O–H groups in total. The Labute approximate surface area is 187 Å². The number of nitrogens with two attached hydrogens (primary N) is 1. The van der Waals surface area contributed by atoms with Gasteiger partial charge in [0.15, 0.2) is 11.5 Å². The van der Waals surface area contributed by atoms with Crippen LogP contribution in [0.1, 0.15) is 22.7 Å². The first-order chi connectivity index (χ1) is 15.8. The third-order valence-electron chi connectivity index (χ3n) is 5.51. The van der Waals surface area contributed by atoms with Crippen LogP contribution < -0.4 is 19.9 Å². The monoisotopic (exact) mass is 465 g/mol. The fourth-order valence-electron chi connectivity index (χ4n) is 3.89. The topological polar surface area (TPSA) is 119 Å². The molecule has 9 nitrogen and oxygen atoms in total. The zero-order valence-corrected chi connectivity index (χ0v) is 17.7. The highest BCUT2D eigenvalue weighted by atomic mass is 19.4. The van der Waals surface area contributed by atoms with E-state index >= 15 is 0 Å². The molecule has 33 heavy (non-hydrogen) atoms. The molecule has 0 unspecified atom stereocenters. The van der Waals surface area contributed by atoms with Gasteiger partial charge in [-0.2, -0.15) is 18.4 Å². The molecule has 1 fully saturated rings. The molecular formula is C21H22F3N5O4. The smallest absolute Gasteiger partial charge is 0.433 e. The summed E-state index contributed by atoms with van der Waals surface area (Å²) in [5.74, 6) is -1.03. The molecule has 2 aromatic rings. The van der Waals surface area contributed by atoms with E-state index in [1.165, 1.54) is 13.2 Å². The summed E-state index contributed by atoms with van der Waals surface area (Å²) < 4.78 is 62.6. The molecule has 0 spiro atoms. The van der Waals surface area contributed by atoms with Gasteiger partial charge in [0.1, 0.15) is 23.9 Å². The van der Waals surface area contributed by atoms with Crippen LogP contribution in [-0.4, -0.2) is 61.7 Å². The van der Waals surface area contributed by atoms with Crippen LogP contribution in [0.5, 0.6) is 17.4 Å². The number of halogens is 3. The molecule has 4 rings (SSSR count). The van der Waals surface area contributed by atoms with E-state index in [0.29, 0.717) is 43.4 Å². The summed E-state index contributed by atoms with van der Waals surface area (Å²) in [7, 11) is 1.43. The predicted octanol–water partition coefficient (Wildman–Crippen LogP) is 2.37. The van der Waals surface area contributed by atoms with Crippen LogP contribution >= 0.6 is 0 Å². The summed E-state index contributed by atoms with van der Waals surface area (Å²) in [6.07, 6.45) is -4.73. The lowest BCUT2D eigenvalue weighted by molar-refractivity contribution is -0.141. The van der Waals surface area contributed by atoms with Crippen LogP contribution in [-0.2, 0) is 10.9 Å². The number of aromatic nitrogens is 2. The van der Waals surface area contributed by atoms with Crippen molar-refractivity contribution < 1.29 is 32.1 Å². The summed E-state index contributed by atoms with van der Waals surface area (Å²) in [5, 5.41) is 15.2. The summed E-state index contributed by atoms with van der Waals surface area (Å²) in [4.78, 5) is 2.21. The van der Waals surface area contributed by atoms with Crippen molar-refractivity contribution in [3.8, 4) is 23.4 Å². The van der Waals surface area contributed by atoms with Crippen molar-refractivity contribution in [1.82, 2.24) is 15.1 Å². The number of aromatic amines is 1. The highest BCUT2D eigenvalue weighted by molar-refractivity contribution is 5.57. The number of nitrogens with zero attached hydrogens (tertiary/aromatic N) is 3. The van der Waals surface area contributed by atoms with Crippen molar-refractivity contribution in [2.75, 3.05) is 46.6 Å². The Bertz CT molecular complexity index is 1090. The van der Waals surface area contributed by atoms with Gasteiger partial charge >= 0.3 is 6.18 Å². The van der Waals surface area contributed by atoms with Crippen molar-refractivity contribution in [3.05, 3.63) is 46.5 Å². The van der Waals surface area contributed by atoms with Gasteiger partial charge in [-0.3, -0.25) is 10.00 Å². The molecule has 0 amide bonds. The molecule has 0 radical (unpaired) electrons. The van der Waals surface area contributed by atoms with Crippen LogP contribution in [0.4, 0.5) is 13.2 Å². The number of benzene rings is 1. The zero-order chi connectivity index (χ0) is 23.6. The van der Waals surface area contributed by atoms with E-state index < -0.39 is 17.8 Å². The maximum absolute atomic E-state index is 13.6. The van der Waals surface area contributed by atoms with Crippen LogP contribution in [0, 0.1) is 11.3 Å². The molecule has 2 aliphatic heterocycles. The van der Waals surface area contributed by atoms with Crippen molar-refractivity contribution in [2.24, 2.45) is 5.73 Å². The predicted molar refractivity (Wildman–Crippen MR) is 109 cm³/mol. The highest BCUT2D eigenvalue weighted by Gasteiger charge is 2.44. The lowest BCUT2D eigenvalue weighted by Crippen LogP contribution is -2.38. The first-order valence-electron chi connectivity index (χ1n) is 10.2. The van der Waals surface area contributed by atoms with E-state index in [4.69, 9.17) is 24.7 Å². The van der Waals surface area contributed by atoms with Gasteiger partial charge in [-0.15, -0.1) is 5.10 Å². The molecule has 1 atom stereocenters. The van der Waals surface area contributed by atoms with Gasteiger partial charge in [0.05, 0.1) is 31.8 Å². The number of alkyl halides is 3. The fraction of sp³-hybridized carbons (Fsp3) is 0.429. The number of hydrogen-bond donors (Lipinski definition) is 2. The number of nitrogens with one attached hydrogen (secondary N) is 1. The van der Waals surface area contributed by atoms with Gasteiger partial charge in [-0.25, -0.2) is 0 Å². The zero-order valence-electron chi connectivity index (χ0n) is 17.7. The molecule has 3 heterocycles. The molecule has 1 saturated heterocycles. The Morgan fingerprint density at radius 1 is 1.30 bits per heavy atom. The summed E-state index contributed by atoms with van der Waals surface area (Å²) in [6.45, 7) is 4.09. The summed E-state index contributed by atoms with van der Waals surface area (Å²) >= 11 is 0. The maximum Gasteiger partial charge on any atom is 0.433 e. The molecule has 0 bridgehead atoms. The van der Waals surface area contributed by atoms with E-state index in [2.05, 4.69) is 10.00 Å². The summed E-state index contributed by atoms with van der Waals surface area (Å²) in [5.41, 5.74) is 4.60. The molecule has 0 aliphatic carbocycles. The molecule has 0 saturated carbocycles. The number of hydrogen-bond acceptors (Lipinski definition) is 8. The minimum absolute atomic E-state index is 0.155. The Hall–Kier alpha value is -3.43. The van der Waals surface area contributed by atoms with E-state index in [0.717, 1.165) is 13.1 Å². The van der Waals surface area contributed by atoms with Crippen molar-refractivity contribution in [1.29, 1.82) is 5.26 Å². The van der Waals surface area contributed by atoms with Crippen LogP contribution in [0.2, 0.25) is 0 Å². The third-order valence-corrected chi connectivity index (χ3v) is 5.51. The number of morpholine rings is 1. The molecule has 1 aromatic heterocycles. The van der Waals surface area contributed by atoms with Gasteiger partial charge in [0, 0.05) is 19.6 Å². The molecular weight excluding hydrogens is 443 g/mol. The van der Waals surface area contributed by atoms with Crippen LogP contribution in [0.25, 0.3) is 0 Å². The maximum atomic E-state index is 13.6. The van der Waals surface area contributed by atoms with Crippen molar-refractivity contribution >= 4 is 0 Å². The van der Waals surface area contributed by atoms with Crippen molar-refractivity contribution in [2.45, 2.75) is 12.1 Å². The Morgan fingerprint density at radius 2 is 2.06 bits per heavy atom. The van der Waals surface area contributed by atoms with Crippen LogP contribution in [0.15, 0.2) is 29.7 Å². The number of methoxy groups -OCH3 is 1. The number of nitriles is 1. The van der Waals surface area contributed by atoms with Gasteiger partial charge < -0.3 is 24.7 Å².